The van der Waals surface area contributed by atoms with E-state index in [-0.39, 0.29) is 30.8 Å². The second kappa shape index (κ2) is 9.32. The molecule has 8 nitrogen and oxygen atoms in total. The molecule has 0 unspecified atom stereocenters. The molecule has 9 heteroatoms. The topological polar surface area (TPSA) is 147 Å². The van der Waals surface area contributed by atoms with Crippen molar-refractivity contribution in [2.75, 3.05) is 12.3 Å². The molecular formula is C11H18N2O6S. The Morgan fingerprint density at radius 3 is 2.25 bits per heavy atom. The normalized spacial score (nSPS) is 13.3. The van der Waals surface area contributed by atoms with Crippen LogP contribution >= 0.6 is 12.6 Å². The molecule has 0 bridgehead atoms. The summed E-state index contributed by atoms with van der Waals surface area (Å²) in [6, 6.07) is -1.12. The van der Waals surface area contributed by atoms with Gasteiger partial charge in [-0.1, -0.05) is 0 Å². The van der Waals surface area contributed by atoms with Crippen LogP contribution in [0.25, 0.3) is 0 Å². The summed E-state index contributed by atoms with van der Waals surface area (Å²) in [4.78, 5) is 44.0. The third-order valence-corrected chi connectivity index (χ3v) is 2.97. The van der Waals surface area contributed by atoms with Crippen molar-refractivity contribution in [3.8, 4) is 0 Å². The molecular weight excluding hydrogens is 288 g/mol. The second-order valence-corrected chi connectivity index (χ2v) is 4.58. The standard InChI is InChI=1S/C11H18N2O6S/c12-8(11(18)19)2-1-7(14)3-6(5-20)10(17)13-4-9(15)16/h6,8,20H,1-5,12H2,(H,13,17)(H,15,16)(H,18,19)/t6-,8-/m1/s1. The van der Waals surface area contributed by atoms with Gasteiger partial charge < -0.3 is 21.3 Å². The van der Waals surface area contributed by atoms with E-state index in [9.17, 15) is 19.2 Å². The maximum absolute atomic E-state index is 11.6. The van der Waals surface area contributed by atoms with Crippen molar-refractivity contribution in [2.45, 2.75) is 25.3 Å². The molecule has 2 atom stereocenters. The molecule has 0 radical (unpaired) electrons. The number of nitrogens with two attached hydrogens (primary N) is 1. The third kappa shape index (κ3) is 7.74. The highest BCUT2D eigenvalue weighted by Crippen LogP contribution is 2.10. The predicted molar refractivity (Wildman–Crippen MR) is 72.5 cm³/mol. The van der Waals surface area contributed by atoms with Crippen LogP contribution in [0, 0.1) is 5.92 Å². The van der Waals surface area contributed by atoms with Crippen LogP contribution in [0.5, 0.6) is 0 Å². The maximum atomic E-state index is 11.6. The van der Waals surface area contributed by atoms with Crippen LogP contribution in [0.15, 0.2) is 0 Å². The van der Waals surface area contributed by atoms with Crippen LogP contribution in [0.2, 0.25) is 0 Å². The van der Waals surface area contributed by atoms with Gasteiger partial charge in [0.15, 0.2) is 0 Å². The Labute approximate surface area is 121 Å². The molecule has 0 fully saturated rings. The number of Topliss-reactive ketones (excluding diaryl/α,β-unsaturated/α-hetero) is 1. The summed E-state index contributed by atoms with van der Waals surface area (Å²) in [5.41, 5.74) is 5.26. The second-order valence-electron chi connectivity index (χ2n) is 4.22. The van der Waals surface area contributed by atoms with Crippen molar-refractivity contribution in [3.63, 3.8) is 0 Å². The highest BCUT2D eigenvalue weighted by Gasteiger charge is 2.22. The lowest BCUT2D eigenvalue weighted by Gasteiger charge is -2.13. The van der Waals surface area contributed by atoms with Gasteiger partial charge in [0.1, 0.15) is 18.4 Å². The van der Waals surface area contributed by atoms with E-state index in [0.29, 0.717) is 0 Å². The number of rotatable bonds is 10. The summed E-state index contributed by atoms with van der Waals surface area (Å²) >= 11 is 3.94. The highest BCUT2D eigenvalue weighted by molar-refractivity contribution is 7.80. The molecule has 0 aromatic carbocycles. The minimum Gasteiger partial charge on any atom is -0.480 e. The quantitative estimate of drug-likeness (QED) is 0.321. The first-order valence-corrected chi connectivity index (χ1v) is 6.51. The van der Waals surface area contributed by atoms with E-state index >= 15 is 0 Å². The summed E-state index contributed by atoms with van der Waals surface area (Å²) in [7, 11) is 0. The van der Waals surface area contributed by atoms with E-state index in [4.69, 9.17) is 15.9 Å². The molecule has 0 aliphatic rings. The first kappa shape index (κ1) is 18.4. The number of hydrogen-bond acceptors (Lipinski definition) is 6. The molecule has 0 aliphatic carbocycles. The van der Waals surface area contributed by atoms with Crippen molar-refractivity contribution in [1.29, 1.82) is 0 Å². The zero-order valence-corrected chi connectivity index (χ0v) is 11.6. The van der Waals surface area contributed by atoms with Crippen LogP contribution in [-0.2, 0) is 19.2 Å². The molecule has 0 rings (SSSR count). The number of carboxylic acid groups (broad SMARTS) is 2. The summed E-state index contributed by atoms with van der Waals surface area (Å²) < 4.78 is 0. The van der Waals surface area contributed by atoms with Gasteiger partial charge in [-0.15, -0.1) is 0 Å². The average molecular weight is 306 g/mol. The Balaban J connectivity index is 4.21. The predicted octanol–water partition coefficient (Wildman–Crippen LogP) is -1.12. The van der Waals surface area contributed by atoms with E-state index in [1.807, 2.05) is 0 Å². The minimum atomic E-state index is -1.19. The number of carbonyl (C=O) groups is 4. The zero-order chi connectivity index (χ0) is 15.7. The molecule has 0 aliphatic heterocycles. The number of thiol groups is 1. The molecule has 0 aromatic rings. The molecule has 20 heavy (non-hydrogen) atoms. The van der Waals surface area contributed by atoms with E-state index in [2.05, 4.69) is 17.9 Å². The Morgan fingerprint density at radius 1 is 1.20 bits per heavy atom. The number of aliphatic carboxylic acids is 2. The SMILES string of the molecule is N[C@H](CCC(=O)C[C@H](CS)C(=O)NCC(=O)O)C(=O)O. The van der Waals surface area contributed by atoms with Gasteiger partial charge in [0.05, 0.1) is 5.92 Å². The Bertz CT molecular complexity index is 387. The average Bonchev–Trinajstić information content (AvgIpc) is 2.38. The fourth-order valence-corrected chi connectivity index (χ4v) is 1.66. The summed E-state index contributed by atoms with van der Waals surface area (Å²) in [5, 5.41) is 19.2. The largest absolute Gasteiger partial charge is 0.480 e. The van der Waals surface area contributed by atoms with Crippen molar-refractivity contribution < 1.29 is 29.4 Å². The van der Waals surface area contributed by atoms with Gasteiger partial charge in [-0.2, -0.15) is 12.6 Å². The van der Waals surface area contributed by atoms with Gasteiger partial charge >= 0.3 is 11.9 Å². The van der Waals surface area contributed by atoms with Crippen molar-refractivity contribution in [1.82, 2.24) is 5.32 Å². The Hall–Kier alpha value is -1.61. The van der Waals surface area contributed by atoms with Gasteiger partial charge in [-0.3, -0.25) is 19.2 Å². The van der Waals surface area contributed by atoms with Crippen molar-refractivity contribution >= 4 is 36.3 Å². The molecule has 0 heterocycles. The molecule has 5 N–H and O–H groups in total. The fraction of sp³-hybridized carbons (Fsp3) is 0.636. The minimum absolute atomic E-state index is 0.00972. The van der Waals surface area contributed by atoms with Crippen molar-refractivity contribution in [3.05, 3.63) is 0 Å². The van der Waals surface area contributed by atoms with Gasteiger partial charge in [0.25, 0.3) is 0 Å². The smallest absolute Gasteiger partial charge is 0.322 e. The fourth-order valence-electron chi connectivity index (χ4n) is 1.36. The van der Waals surface area contributed by atoms with Crippen LogP contribution in [0.4, 0.5) is 0 Å². The summed E-state index contributed by atoms with van der Waals surface area (Å²) in [5.74, 6) is -3.92. The van der Waals surface area contributed by atoms with Crippen LogP contribution < -0.4 is 11.1 Å². The van der Waals surface area contributed by atoms with Gasteiger partial charge in [0, 0.05) is 18.6 Å². The number of ketones is 1. The summed E-state index contributed by atoms with van der Waals surface area (Å²) in [6.45, 7) is -0.527. The number of hydrogen-bond donors (Lipinski definition) is 5. The lowest BCUT2D eigenvalue weighted by molar-refractivity contribution is -0.139. The Morgan fingerprint density at radius 2 is 1.80 bits per heavy atom. The van der Waals surface area contributed by atoms with Crippen LogP contribution in [0.3, 0.4) is 0 Å². The third-order valence-electron chi connectivity index (χ3n) is 2.53. The molecule has 114 valence electrons. The number of nitrogens with one attached hydrogen (secondary N) is 1. The Kier molecular flexibility index (Phi) is 8.57. The zero-order valence-electron chi connectivity index (χ0n) is 10.7. The van der Waals surface area contributed by atoms with Crippen LogP contribution in [0.1, 0.15) is 19.3 Å². The van der Waals surface area contributed by atoms with Gasteiger partial charge in [-0.05, 0) is 6.42 Å². The molecule has 1 amide bonds. The van der Waals surface area contributed by atoms with Gasteiger partial charge in [0.2, 0.25) is 5.91 Å². The maximum Gasteiger partial charge on any atom is 0.322 e. The van der Waals surface area contributed by atoms with Crippen LogP contribution in [-0.4, -0.2) is 52.2 Å². The van der Waals surface area contributed by atoms with Gasteiger partial charge in [-0.25, -0.2) is 0 Å². The highest BCUT2D eigenvalue weighted by atomic mass is 32.1. The molecule has 0 saturated carbocycles. The van der Waals surface area contributed by atoms with E-state index in [1.54, 1.807) is 0 Å². The lowest BCUT2D eigenvalue weighted by Crippen LogP contribution is -2.36. The first-order chi connectivity index (χ1) is 9.27. The number of carboxylic acids is 2. The molecule has 0 aromatic heterocycles. The lowest BCUT2D eigenvalue weighted by atomic mass is 9.99. The number of amides is 1. The van der Waals surface area contributed by atoms with E-state index < -0.39 is 36.4 Å². The van der Waals surface area contributed by atoms with E-state index in [1.165, 1.54) is 0 Å². The van der Waals surface area contributed by atoms with Crippen molar-refractivity contribution in [2.24, 2.45) is 11.7 Å². The molecule has 0 saturated heterocycles. The summed E-state index contributed by atoms with van der Waals surface area (Å²) in [6.07, 6.45) is -0.185. The monoisotopic (exact) mass is 306 g/mol. The van der Waals surface area contributed by atoms with E-state index in [0.717, 1.165) is 0 Å². The number of carbonyl (C=O) groups excluding carboxylic acids is 2. The molecule has 0 spiro atoms. The first-order valence-electron chi connectivity index (χ1n) is 5.88.